The van der Waals surface area contributed by atoms with Crippen LogP contribution in [0.1, 0.15) is 34.5 Å². The Bertz CT molecular complexity index is 614. The zero-order valence-electron chi connectivity index (χ0n) is 12.0. The Morgan fingerprint density at radius 2 is 2.05 bits per heavy atom. The molecular formula is C17H19NO3. The normalized spacial score (nSPS) is 17.2. The maximum absolute atomic E-state index is 12.2. The van der Waals surface area contributed by atoms with Crippen molar-refractivity contribution in [2.45, 2.75) is 25.4 Å². The highest BCUT2D eigenvalue weighted by atomic mass is 16.4. The van der Waals surface area contributed by atoms with E-state index in [-0.39, 0.29) is 18.4 Å². The van der Waals surface area contributed by atoms with Gasteiger partial charge < -0.3 is 14.8 Å². The van der Waals surface area contributed by atoms with Gasteiger partial charge in [-0.25, -0.2) is 0 Å². The van der Waals surface area contributed by atoms with Crippen molar-refractivity contribution in [3.8, 4) is 0 Å². The van der Waals surface area contributed by atoms with E-state index >= 15 is 0 Å². The van der Waals surface area contributed by atoms with Gasteiger partial charge in [0.25, 0.3) is 5.91 Å². The van der Waals surface area contributed by atoms with Crippen molar-refractivity contribution in [3.05, 3.63) is 59.5 Å². The fourth-order valence-corrected chi connectivity index (χ4v) is 2.54. The van der Waals surface area contributed by atoms with Gasteiger partial charge in [-0.2, -0.15) is 0 Å². The van der Waals surface area contributed by atoms with Crippen LogP contribution < -0.4 is 5.32 Å². The Balaban J connectivity index is 1.70. The van der Waals surface area contributed by atoms with E-state index in [9.17, 15) is 9.90 Å². The molecule has 1 aliphatic rings. The van der Waals surface area contributed by atoms with Gasteiger partial charge in [0.05, 0.1) is 12.8 Å². The second kappa shape index (κ2) is 5.37. The van der Waals surface area contributed by atoms with Crippen molar-refractivity contribution >= 4 is 5.91 Å². The molecule has 2 aromatic rings. The number of aryl methyl sites for hydroxylation is 1. The number of hydrogen-bond donors (Lipinski definition) is 2. The van der Waals surface area contributed by atoms with Gasteiger partial charge in [0.1, 0.15) is 11.4 Å². The largest absolute Gasteiger partial charge is 0.466 e. The molecule has 3 rings (SSSR count). The third kappa shape index (κ3) is 2.85. The minimum absolute atomic E-state index is 0.155. The van der Waals surface area contributed by atoms with Crippen molar-refractivity contribution in [1.82, 2.24) is 5.32 Å². The average molecular weight is 285 g/mol. The molecule has 1 unspecified atom stereocenters. The molecule has 1 atom stereocenters. The zero-order chi connectivity index (χ0) is 14.9. The van der Waals surface area contributed by atoms with E-state index in [1.54, 1.807) is 30.5 Å². The molecule has 21 heavy (non-hydrogen) atoms. The first kappa shape index (κ1) is 13.9. The first-order chi connectivity index (χ1) is 10.1. The van der Waals surface area contributed by atoms with E-state index in [2.05, 4.69) is 5.32 Å². The molecule has 0 saturated heterocycles. The lowest BCUT2D eigenvalue weighted by Crippen LogP contribution is -2.42. The van der Waals surface area contributed by atoms with E-state index in [4.69, 9.17) is 4.42 Å². The Labute approximate surface area is 123 Å². The number of hydrogen-bond acceptors (Lipinski definition) is 3. The van der Waals surface area contributed by atoms with Crippen LogP contribution in [0.15, 0.2) is 47.1 Å². The summed E-state index contributed by atoms with van der Waals surface area (Å²) in [5, 5.41) is 13.7. The van der Waals surface area contributed by atoms with Crippen LogP contribution in [0.25, 0.3) is 0 Å². The van der Waals surface area contributed by atoms with Crippen LogP contribution in [0.2, 0.25) is 0 Å². The quantitative estimate of drug-likeness (QED) is 0.887. The summed E-state index contributed by atoms with van der Waals surface area (Å²) in [6.45, 7) is 2.14. The molecule has 1 heterocycles. The highest BCUT2D eigenvalue weighted by molar-refractivity contribution is 5.94. The number of aliphatic hydroxyl groups is 1. The predicted octanol–water partition coefficient (Wildman–Crippen LogP) is 2.62. The molecule has 4 heteroatoms. The van der Waals surface area contributed by atoms with E-state index < -0.39 is 5.60 Å². The Kier molecular flexibility index (Phi) is 3.55. The number of rotatable bonds is 5. The molecule has 0 radical (unpaired) electrons. The maximum Gasteiger partial charge on any atom is 0.251 e. The lowest BCUT2D eigenvalue weighted by atomic mass is 9.94. The summed E-state index contributed by atoms with van der Waals surface area (Å²) in [4.78, 5) is 12.2. The van der Waals surface area contributed by atoms with Gasteiger partial charge in [0, 0.05) is 5.56 Å². The van der Waals surface area contributed by atoms with Gasteiger partial charge in [-0.3, -0.25) is 4.79 Å². The summed E-state index contributed by atoms with van der Waals surface area (Å²) in [7, 11) is 0. The van der Waals surface area contributed by atoms with Crippen LogP contribution in [0.5, 0.6) is 0 Å². The van der Waals surface area contributed by atoms with E-state index in [1.165, 1.54) is 0 Å². The van der Waals surface area contributed by atoms with E-state index in [1.807, 2.05) is 19.1 Å². The molecule has 1 aliphatic carbocycles. The summed E-state index contributed by atoms with van der Waals surface area (Å²) in [5.41, 5.74) is 0.596. The molecule has 0 bridgehead atoms. The van der Waals surface area contributed by atoms with E-state index in [0.717, 1.165) is 18.4 Å². The minimum atomic E-state index is -1.11. The summed E-state index contributed by atoms with van der Waals surface area (Å²) in [6.07, 6.45) is 3.46. The van der Waals surface area contributed by atoms with Crippen molar-refractivity contribution in [2.24, 2.45) is 5.92 Å². The number of amides is 1. The average Bonchev–Trinajstić information content (AvgIpc) is 3.20. The molecular weight excluding hydrogens is 266 g/mol. The first-order valence-electron chi connectivity index (χ1n) is 7.21. The Hall–Kier alpha value is -2.07. The molecule has 1 amide bonds. The van der Waals surface area contributed by atoms with Crippen LogP contribution in [0.3, 0.4) is 0 Å². The summed E-state index contributed by atoms with van der Waals surface area (Å²) < 4.78 is 5.35. The Morgan fingerprint density at radius 1 is 1.33 bits per heavy atom. The van der Waals surface area contributed by atoms with Gasteiger partial charge in [-0.1, -0.05) is 17.7 Å². The molecule has 0 spiro atoms. The fraction of sp³-hybridized carbons (Fsp3) is 0.353. The number of carbonyl (C=O) groups excluding carboxylic acids is 1. The van der Waals surface area contributed by atoms with Crippen LogP contribution in [0, 0.1) is 12.8 Å². The van der Waals surface area contributed by atoms with Crippen LogP contribution in [-0.4, -0.2) is 17.6 Å². The van der Waals surface area contributed by atoms with Crippen molar-refractivity contribution < 1.29 is 14.3 Å². The monoisotopic (exact) mass is 285 g/mol. The van der Waals surface area contributed by atoms with Gasteiger partial charge in [0.15, 0.2) is 0 Å². The number of benzene rings is 1. The minimum Gasteiger partial charge on any atom is -0.466 e. The van der Waals surface area contributed by atoms with Gasteiger partial charge in [-0.05, 0) is 49.9 Å². The van der Waals surface area contributed by atoms with Crippen LogP contribution >= 0.6 is 0 Å². The third-order valence-electron chi connectivity index (χ3n) is 4.03. The topological polar surface area (TPSA) is 62.5 Å². The molecule has 110 valence electrons. The lowest BCUT2D eigenvalue weighted by molar-refractivity contribution is -0.00610. The molecule has 1 aromatic heterocycles. The molecule has 1 aromatic carbocycles. The number of nitrogens with one attached hydrogen (secondary N) is 1. The van der Waals surface area contributed by atoms with Crippen molar-refractivity contribution in [3.63, 3.8) is 0 Å². The molecule has 1 saturated carbocycles. The maximum atomic E-state index is 12.2. The smallest absolute Gasteiger partial charge is 0.251 e. The number of furan rings is 1. The van der Waals surface area contributed by atoms with E-state index in [0.29, 0.717) is 11.3 Å². The van der Waals surface area contributed by atoms with Crippen LogP contribution in [-0.2, 0) is 5.60 Å². The van der Waals surface area contributed by atoms with Crippen molar-refractivity contribution in [1.29, 1.82) is 0 Å². The number of carbonyl (C=O) groups is 1. The molecule has 1 fully saturated rings. The predicted molar refractivity (Wildman–Crippen MR) is 78.8 cm³/mol. The van der Waals surface area contributed by atoms with Gasteiger partial charge in [0.2, 0.25) is 0 Å². The second-order valence-corrected chi connectivity index (χ2v) is 5.72. The summed E-state index contributed by atoms with van der Waals surface area (Å²) in [6, 6.07) is 10.9. The molecule has 4 nitrogen and oxygen atoms in total. The zero-order valence-corrected chi connectivity index (χ0v) is 12.0. The van der Waals surface area contributed by atoms with Crippen molar-refractivity contribution in [2.75, 3.05) is 6.54 Å². The first-order valence-corrected chi connectivity index (χ1v) is 7.21. The van der Waals surface area contributed by atoms with Gasteiger partial charge in [-0.15, -0.1) is 0 Å². The standard InChI is InChI=1S/C17H19NO3/c1-12-4-6-13(7-5-12)16(19)18-11-17(20,14-8-9-14)15-3-2-10-21-15/h2-7,10,14,20H,8-9,11H2,1H3,(H,18,19). The SMILES string of the molecule is Cc1ccc(C(=O)NCC(O)(c2ccco2)C2CC2)cc1. The molecule has 2 N–H and O–H groups in total. The summed E-state index contributed by atoms with van der Waals surface area (Å²) >= 11 is 0. The van der Waals surface area contributed by atoms with Gasteiger partial charge >= 0.3 is 0 Å². The lowest BCUT2D eigenvalue weighted by Gasteiger charge is -2.26. The fourth-order valence-electron chi connectivity index (χ4n) is 2.54. The second-order valence-electron chi connectivity index (χ2n) is 5.72. The Morgan fingerprint density at radius 3 is 2.62 bits per heavy atom. The summed E-state index contributed by atoms with van der Waals surface area (Å²) in [5.74, 6) is 0.497. The third-order valence-corrected chi connectivity index (χ3v) is 4.03. The molecule has 0 aliphatic heterocycles. The highest BCUT2D eigenvalue weighted by Crippen LogP contribution is 2.45. The highest BCUT2D eigenvalue weighted by Gasteiger charge is 2.47. The van der Waals surface area contributed by atoms with Crippen LogP contribution in [0.4, 0.5) is 0 Å².